The molecule has 4 nitrogen and oxygen atoms in total. The van der Waals surface area contributed by atoms with Crippen LogP contribution in [-0.4, -0.2) is 35.7 Å². The maximum Gasteiger partial charge on any atom is 0.124 e. The molecule has 1 saturated carbocycles. The number of nitrogens with zero attached hydrogens (tertiary/aromatic N) is 2. The summed E-state index contributed by atoms with van der Waals surface area (Å²) in [5.74, 6) is 1.42. The van der Waals surface area contributed by atoms with E-state index in [0.29, 0.717) is 33.0 Å². The Morgan fingerprint density at radius 2 is 1.29 bits per heavy atom. The van der Waals surface area contributed by atoms with Crippen molar-refractivity contribution in [1.82, 2.24) is 0 Å². The minimum atomic E-state index is 0.188. The molecule has 148 valence electrons. The second-order valence-electron chi connectivity index (χ2n) is 7.29. The van der Waals surface area contributed by atoms with E-state index in [9.17, 15) is 10.2 Å². The van der Waals surface area contributed by atoms with Crippen molar-refractivity contribution in [3.8, 4) is 11.5 Å². The van der Waals surface area contributed by atoms with Gasteiger partial charge in [-0.25, -0.2) is 0 Å². The third-order valence-corrected chi connectivity index (χ3v) is 5.53. The standard InChI is InChI=1S/C22H24Cl2N2O2/c23-19-4-6-21(27)17(9-19)13-25-11-15-2-1-3-16(8-15)12-26-14-18-10-20(24)5-7-22(18)28/h4-7,9-10,13-16,27-28H,1-3,8,11-12H2/t15-,16+. The summed E-state index contributed by atoms with van der Waals surface area (Å²) in [7, 11) is 0. The number of aromatic hydroxyl groups is 2. The monoisotopic (exact) mass is 418 g/mol. The van der Waals surface area contributed by atoms with Gasteiger partial charge in [0.25, 0.3) is 0 Å². The molecule has 0 radical (unpaired) electrons. The summed E-state index contributed by atoms with van der Waals surface area (Å²) in [6.45, 7) is 1.47. The fraction of sp³-hybridized carbons (Fsp3) is 0.364. The zero-order valence-corrected chi connectivity index (χ0v) is 17.1. The zero-order valence-electron chi connectivity index (χ0n) is 15.6. The molecule has 0 bridgehead atoms. The topological polar surface area (TPSA) is 65.2 Å². The van der Waals surface area contributed by atoms with Crippen molar-refractivity contribution in [2.45, 2.75) is 25.7 Å². The van der Waals surface area contributed by atoms with E-state index < -0.39 is 0 Å². The summed E-state index contributed by atoms with van der Waals surface area (Å²) in [5.41, 5.74) is 1.29. The molecule has 28 heavy (non-hydrogen) atoms. The molecular weight excluding hydrogens is 395 g/mol. The Labute approximate surface area is 175 Å². The SMILES string of the molecule is Oc1ccc(Cl)cc1C=NC[C@H]1CCC[C@@H](CN=Cc2cc(Cl)ccc2O)C1. The van der Waals surface area contributed by atoms with Crippen LogP contribution in [-0.2, 0) is 0 Å². The van der Waals surface area contributed by atoms with Crippen LogP contribution >= 0.6 is 23.2 Å². The van der Waals surface area contributed by atoms with Crippen molar-refractivity contribution >= 4 is 35.6 Å². The van der Waals surface area contributed by atoms with Crippen LogP contribution in [0.2, 0.25) is 10.0 Å². The van der Waals surface area contributed by atoms with Gasteiger partial charge in [0.1, 0.15) is 11.5 Å². The minimum absolute atomic E-state index is 0.188. The van der Waals surface area contributed by atoms with Crippen molar-refractivity contribution in [1.29, 1.82) is 0 Å². The Hall–Kier alpha value is -2.04. The molecule has 2 N–H and O–H groups in total. The van der Waals surface area contributed by atoms with Gasteiger partial charge in [0.05, 0.1) is 0 Å². The molecule has 6 heteroatoms. The summed E-state index contributed by atoms with van der Waals surface area (Å²) >= 11 is 11.9. The molecule has 1 aliphatic carbocycles. The van der Waals surface area contributed by atoms with Crippen molar-refractivity contribution in [2.24, 2.45) is 21.8 Å². The van der Waals surface area contributed by atoms with Crippen molar-refractivity contribution in [3.63, 3.8) is 0 Å². The molecule has 2 atom stereocenters. The first-order valence-electron chi connectivity index (χ1n) is 9.48. The van der Waals surface area contributed by atoms with E-state index in [4.69, 9.17) is 23.2 Å². The van der Waals surface area contributed by atoms with Crippen LogP contribution in [0.1, 0.15) is 36.8 Å². The highest BCUT2D eigenvalue weighted by Crippen LogP contribution is 2.30. The largest absolute Gasteiger partial charge is 0.507 e. The van der Waals surface area contributed by atoms with Crippen molar-refractivity contribution in [3.05, 3.63) is 57.6 Å². The quantitative estimate of drug-likeness (QED) is 0.586. The predicted octanol–water partition coefficient (Wildman–Crippen LogP) is 5.75. The highest BCUT2D eigenvalue weighted by molar-refractivity contribution is 6.31. The van der Waals surface area contributed by atoms with Crippen molar-refractivity contribution < 1.29 is 10.2 Å². The molecule has 0 heterocycles. The maximum atomic E-state index is 9.85. The van der Waals surface area contributed by atoms with E-state index in [1.54, 1.807) is 48.8 Å². The first-order chi connectivity index (χ1) is 13.5. The Balaban J connectivity index is 1.51. The van der Waals surface area contributed by atoms with E-state index in [-0.39, 0.29) is 11.5 Å². The van der Waals surface area contributed by atoms with Crippen LogP contribution in [0.5, 0.6) is 11.5 Å². The number of phenolic OH excluding ortho intramolecular Hbond substituents is 2. The van der Waals surface area contributed by atoms with Gasteiger partial charge in [-0.05, 0) is 67.5 Å². The molecular formula is C22H24Cl2N2O2. The lowest BCUT2D eigenvalue weighted by Gasteiger charge is -2.27. The average Bonchev–Trinajstić information content (AvgIpc) is 2.68. The van der Waals surface area contributed by atoms with Gasteiger partial charge in [-0.1, -0.05) is 29.6 Å². The van der Waals surface area contributed by atoms with Crippen molar-refractivity contribution in [2.75, 3.05) is 13.1 Å². The zero-order chi connectivity index (χ0) is 19.9. The van der Waals surface area contributed by atoms with E-state index >= 15 is 0 Å². The van der Waals surface area contributed by atoms with E-state index in [0.717, 1.165) is 32.4 Å². The van der Waals surface area contributed by atoms with Gasteiger partial charge in [0, 0.05) is 46.7 Å². The molecule has 0 amide bonds. The third kappa shape index (κ3) is 5.98. The number of hydrogen-bond acceptors (Lipinski definition) is 4. The lowest BCUT2D eigenvalue weighted by atomic mass is 9.81. The Kier molecular flexibility index (Phi) is 7.35. The summed E-state index contributed by atoms with van der Waals surface area (Å²) in [6.07, 6.45) is 7.97. The molecule has 1 aliphatic rings. The van der Waals surface area contributed by atoms with Crippen LogP contribution in [0, 0.1) is 11.8 Å². The molecule has 0 aromatic heterocycles. The lowest BCUT2D eigenvalue weighted by Crippen LogP contribution is -2.20. The highest BCUT2D eigenvalue weighted by Gasteiger charge is 2.21. The number of halogens is 2. The van der Waals surface area contributed by atoms with Gasteiger partial charge in [0.2, 0.25) is 0 Å². The summed E-state index contributed by atoms with van der Waals surface area (Å²) in [4.78, 5) is 9.04. The molecule has 0 unspecified atom stereocenters. The molecule has 0 saturated heterocycles. The number of aliphatic imine (C=N–C) groups is 2. The Morgan fingerprint density at radius 3 is 1.75 bits per heavy atom. The lowest BCUT2D eigenvalue weighted by molar-refractivity contribution is 0.278. The minimum Gasteiger partial charge on any atom is -0.507 e. The molecule has 2 aromatic carbocycles. The first-order valence-corrected chi connectivity index (χ1v) is 10.2. The number of phenols is 2. The Bertz CT molecular complexity index is 798. The van der Waals surface area contributed by atoms with Gasteiger partial charge in [0.15, 0.2) is 0 Å². The second kappa shape index (κ2) is 9.94. The van der Waals surface area contributed by atoms with Crippen LogP contribution < -0.4 is 0 Å². The summed E-state index contributed by atoms with van der Waals surface area (Å²) < 4.78 is 0. The fourth-order valence-electron chi connectivity index (χ4n) is 3.59. The molecule has 0 spiro atoms. The third-order valence-electron chi connectivity index (χ3n) is 5.06. The predicted molar refractivity (Wildman–Crippen MR) is 117 cm³/mol. The summed E-state index contributed by atoms with van der Waals surface area (Å²) in [5, 5.41) is 20.9. The smallest absolute Gasteiger partial charge is 0.124 e. The van der Waals surface area contributed by atoms with Crippen LogP contribution in [0.4, 0.5) is 0 Å². The molecule has 3 rings (SSSR count). The Morgan fingerprint density at radius 1 is 0.821 bits per heavy atom. The van der Waals surface area contributed by atoms with E-state index in [1.807, 2.05) is 0 Å². The molecule has 1 fully saturated rings. The molecule has 2 aromatic rings. The van der Waals surface area contributed by atoms with E-state index in [1.165, 1.54) is 6.42 Å². The van der Waals surface area contributed by atoms with E-state index in [2.05, 4.69) is 9.98 Å². The summed E-state index contributed by atoms with van der Waals surface area (Å²) in [6, 6.07) is 9.90. The number of benzene rings is 2. The van der Waals surface area contributed by atoms with Gasteiger partial charge < -0.3 is 10.2 Å². The van der Waals surface area contributed by atoms with Gasteiger partial charge in [-0.3, -0.25) is 9.98 Å². The highest BCUT2D eigenvalue weighted by atomic mass is 35.5. The fourth-order valence-corrected chi connectivity index (χ4v) is 3.95. The van der Waals surface area contributed by atoms with Crippen LogP contribution in [0.3, 0.4) is 0 Å². The maximum absolute atomic E-state index is 9.85. The number of rotatable bonds is 6. The molecule has 0 aliphatic heterocycles. The van der Waals surface area contributed by atoms with Crippen LogP contribution in [0.15, 0.2) is 46.4 Å². The average molecular weight is 419 g/mol. The first kappa shape index (κ1) is 20.7. The van der Waals surface area contributed by atoms with Crippen LogP contribution in [0.25, 0.3) is 0 Å². The second-order valence-corrected chi connectivity index (χ2v) is 8.17. The van der Waals surface area contributed by atoms with Gasteiger partial charge >= 0.3 is 0 Å². The van der Waals surface area contributed by atoms with Gasteiger partial charge in [-0.15, -0.1) is 0 Å². The number of hydrogen-bond donors (Lipinski definition) is 2. The normalized spacial score (nSPS) is 20.2. The van der Waals surface area contributed by atoms with Gasteiger partial charge in [-0.2, -0.15) is 0 Å².